The number of hydrogen-bond acceptors (Lipinski definition) is 6. The molecule has 7 nitrogen and oxygen atoms in total. The van der Waals surface area contributed by atoms with Gasteiger partial charge in [-0.15, -0.1) is 0 Å². The van der Waals surface area contributed by atoms with Crippen LogP contribution >= 0.6 is 0 Å². The van der Waals surface area contributed by atoms with Crippen LogP contribution in [0.3, 0.4) is 0 Å². The second kappa shape index (κ2) is 5.84. The molecule has 3 N–H and O–H groups in total. The zero-order valence-corrected chi connectivity index (χ0v) is 12.0. The number of rotatable bonds is 5. The third-order valence-electron chi connectivity index (χ3n) is 3.30. The van der Waals surface area contributed by atoms with Crippen molar-refractivity contribution in [3.05, 3.63) is 29.2 Å². The van der Waals surface area contributed by atoms with Gasteiger partial charge in [0.15, 0.2) is 0 Å². The number of phenolic OH excluding ortho intramolecular Hbond substituents is 1. The summed E-state index contributed by atoms with van der Waals surface area (Å²) in [7, 11) is 1.69. The number of hydrogen-bond donors (Lipinski definition) is 3. The summed E-state index contributed by atoms with van der Waals surface area (Å²) in [6, 6.07) is 3.49. The van der Waals surface area contributed by atoms with E-state index in [9.17, 15) is 15.1 Å². The number of hydroxylamine groups is 2. The first kappa shape index (κ1) is 14.9. The zero-order valence-electron chi connectivity index (χ0n) is 12.0. The van der Waals surface area contributed by atoms with Gasteiger partial charge >= 0.3 is 0 Å². The van der Waals surface area contributed by atoms with Crippen LogP contribution in [0.2, 0.25) is 0 Å². The summed E-state index contributed by atoms with van der Waals surface area (Å²) in [5.74, 6) is 0.555. The summed E-state index contributed by atoms with van der Waals surface area (Å²) in [4.78, 5) is 10.6. The van der Waals surface area contributed by atoms with Crippen molar-refractivity contribution in [2.24, 2.45) is 0 Å². The third-order valence-corrected chi connectivity index (χ3v) is 3.30. The molecule has 0 radical (unpaired) electrons. The first-order valence-corrected chi connectivity index (χ1v) is 6.36. The van der Waals surface area contributed by atoms with E-state index in [-0.39, 0.29) is 18.7 Å². The maximum absolute atomic E-state index is 10.6. The van der Waals surface area contributed by atoms with Crippen molar-refractivity contribution in [3.8, 4) is 16.9 Å². The molecule has 0 atom stereocenters. The van der Waals surface area contributed by atoms with Gasteiger partial charge in [0, 0.05) is 23.9 Å². The van der Waals surface area contributed by atoms with Gasteiger partial charge < -0.3 is 14.9 Å². The third kappa shape index (κ3) is 2.68. The number of aryl methyl sites for hydroxylation is 2. The van der Waals surface area contributed by atoms with Crippen molar-refractivity contribution in [1.29, 1.82) is 0 Å². The maximum Gasteiger partial charge on any atom is 0.233 e. The Labute approximate surface area is 121 Å². The molecule has 21 heavy (non-hydrogen) atoms. The molecule has 2 aromatic rings. The van der Waals surface area contributed by atoms with E-state index in [1.807, 2.05) is 0 Å². The number of aromatic hydroxyl groups is 1. The highest BCUT2D eigenvalue weighted by atomic mass is 16.5. The quantitative estimate of drug-likeness (QED) is 0.443. The largest absolute Gasteiger partial charge is 0.507 e. The Bertz CT molecular complexity index is 647. The van der Waals surface area contributed by atoms with Crippen molar-refractivity contribution in [1.82, 2.24) is 10.2 Å². The van der Waals surface area contributed by atoms with E-state index in [4.69, 9.17) is 4.52 Å². The lowest BCUT2D eigenvalue weighted by Gasteiger charge is -2.17. The predicted molar refractivity (Wildman–Crippen MR) is 76.0 cm³/mol. The standard InChI is InChI=1S/C14H17N3O4/c1-8-13(9(2)21-16-8)10-4-5-12(15-3)11(14(10)19)6-17(20)7-18/h4-5,7,15,19-20H,6H2,1-3H3. The molecule has 2 rings (SSSR count). The fourth-order valence-corrected chi connectivity index (χ4v) is 2.30. The average molecular weight is 291 g/mol. The Morgan fingerprint density at radius 3 is 2.67 bits per heavy atom. The topological polar surface area (TPSA) is 98.8 Å². The normalized spacial score (nSPS) is 10.5. The average Bonchev–Trinajstić information content (AvgIpc) is 2.80. The fraction of sp³-hybridized carbons (Fsp3) is 0.286. The van der Waals surface area contributed by atoms with Crippen LogP contribution in [-0.2, 0) is 11.3 Å². The van der Waals surface area contributed by atoms with Gasteiger partial charge in [-0.3, -0.25) is 10.0 Å². The predicted octanol–water partition coefficient (Wildman–Crippen LogP) is 2.05. The molecular weight excluding hydrogens is 274 g/mol. The molecule has 0 fully saturated rings. The molecule has 0 bridgehead atoms. The van der Waals surface area contributed by atoms with Crippen LogP contribution in [0.25, 0.3) is 11.1 Å². The highest BCUT2D eigenvalue weighted by molar-refractivity contribution is 5.78. The first-order valence-electron chi connectivity index (χ1n) is 6.36. The van der Waals surface area contributed by atoms with E-state index in [1.54, 1.807) is 33.0 Å². The molecular formula is C14H17N3O4. The van der Waals surface area contributed by atoms with Gasteiger partial charge in [-0.2, -0.15) is 0 Å². The van der Waals surface area contributed by atoms with Crippen LogP contribution in [0, 0.1) is 13.8 Å². The molecule has 0 unspecified atom stereocenters. The number of carbonyl (C=O) groups is 1. The summed E-state index contributed by atoms with van der Waals surface area (Å²) < 4.78 is 5.11. The highest BCUT2D eigenvalue weighted by Crippen LogP contribution is 2.39. The van der Waals surface area contributed by atoms with E-state index < -0.39 is 0 Å². The Balaban J connectivity index is 2.60. The number of nitrogens with one attached hydrogen (secondary N) is 1. The van der Waals surface area contributed by atoms with E-state index in [1.165, 1.54) is 0 Å². The van der Waals surface area contributed by atoms with Gasteiger partial charge in [0.05, 0.1) is 17.8 Å². The number of carbonyl (C=O) groups excluding carboxylic acids is 1. The number of amides is 1. The lowest BCUT2D eigenvalue weighted by Crippen LogP contribution is -2.17. The van der Waals surface area contributed by atoms with E-state index >= 15 is 0 Å². The van der Waals surface area contributed by atoms with Crippen molar-refractivity contribution >= 4 is 12.1 Å². The second-order valence-corrected chi connectivity index (χ2v) is 4.64. The minimum absolute atomic E-state index is 0.0304. The summed E-state index contributed by atoms with van der Waals surface area (Å²) in [5, 5.41) is 27.1. The van der Waals surface area contributed by atoms with Gasteiger partial charge in [0.2, 0.25) is 6.41 Å². The summed E-state index contributed by atoms with van der Waals surface area (Å²) in [5.41, 5.74) is 2.92. The van der Waals surface area contributed by atoms with E-state index in [2.05, 4.69) is 10.5 Å². The smallest absolute Gasteiger partial charge is 0.233 e. The Morgan fingerprint density at radius 2 is 2.14 bits per heavy atom. The minimum Gasteiger partial charge on any atom is -0.507 e. The van der Waals surface area contributed by atoms with E-state index in [0.29, 0.717) is 38.9 Å². The molecule has 1 aromatic heterocycles. The lowest BCUT2D eigenvalue weighted by atomic mass is 9.98. The number of phenols is 1. The summed E-state index contributed by atoms with van der Waals surface area (Å²) in [6.07, 6.45) is 0.279. The van der Waals surface area contributed by atoms with Crippen molar-refractivity contribution in [2.45, 2.75) is 20.4 Å². The highest BCUT2D eigenvalue weighted by Gasteiger charge is 2.20. The van der Waals surface area contributed by atoms with Crippen LogP contribution in [-0.4, -0.2) is 34.0 Å². The lowest BCUT2D eigenvalue weighted by molar-refractivity contribution is -0.152. The summed E-state index contributed by atoms with van der Waals surface area (Å²) >= 11 is 0. The Morgan fingerprint density at radius 1 is 1.43 bits per heavy atom. The molecule has 112 valence electrons. The SMILES string of the molecule is CNc1ccc(-c2c(C)noc2C)c(O)c1CN(O)C=O. The molecule has 0 saturated heterocycles. The first-order chi connectivity index (χ1) is 9.99. The Hall–Kier alpha value is -2.54. The number of benzene rings is 1. The zero-order chi connectivity index (χ0) is 15.6. The van der Waals surface area contributed by atoms with Crippen molar-refractivity contribution in [3.63, 3.8) is 0 Å². The van der Waals surface area contributed by atoms with Crippen LogP contribution < -0.4 is 5.32 Å². The molecule has 0 spiro atoms. The second-order valence-electron chi connectivity index (χ2n) is 4.64. The van der Waals surface area contributed by atoms with Gasteiger partial charge in [-0.1, -0.05) is 5.16 Å². The van der Waals surface area contributed by atoms with Crippen LogP contribution in [0.15, 0.2) is 16.7 Å². The molecule has 1 aromatic carbocycles. The fourth-order valence-electron chi connectivity index (χ4n) is 2.30. The van der Waals surface area contributed by atoms with Crippen molar-refractivity contribution < 1.29 is 19.6 Å². The van der Waals surface area contributed by atoms with Crippen molar-refractivity contribution in [2.75, 3.05) is 12.4 Å². The van der Waals surface area contributed by atoms with Gasteiger partial charge in [0.1, 0.15) is 11.5 Å². The molecule has 0 saturated carbocycles. The Kier molecular flexibility index (Phi) is 4.13. The molecule has 7 heteroatoms. The number of aromatic nitrogens is 1. The van der Waals surface area contributed by atoms with E-state index in [0.717, 1.165) is 0 Å². The molecule has 1 heterocycles. The number of anilines is 1. The maximum atomic E-state index is 10.6. The van der Waals surface area contributed by atoms with Gasteiger partial charge in [-0.05, 0) is 26.0 Å². The minimum atomic E-state index is -0.136. The molecule has 0 aliphatic rings. The monoisotopic (exact) mass is 291 g/mol. The molecule has 0 aliphatic carbocycles. The summed E-state index contributed by atoms with van der Waals surface area (Å²) in [6.45, 7) is 3.40. The molecule has 1 amide bonds. The van der Waals surface area contributed by atoms with Crippen LogP contribution in [0.5, 0.6) is 5.75 Å². The van der Waals surface area contributed by atoms with Gasteiger partial charge in [0.25, 0.3) is 0 Å². The molecule has 0 aliphatic heterocycles. The van der Waals surface area contributed by atoms with Gasteiger partial charge in [-0.25, -0.2) is 5.06 Å². The van der Waals surface area contributed by atoms with Crippen LogP contribution in [0.4, 0.5) is 5.69 Å². The van der Waals surface area contributed by atoms with Crippen LogP contribution in [0.1, 0.15) is 17.0 Å². The number of nitrogens with zero attached hydrogens (tertiary/aromatic N) is 2.